The average molecular weight is 408 g/mol. The number of aromatic nitrogens is 2. The predicted molar refractivity (Wildman–Crippen MR) is 96.2 cm³/mol. The van der Waals surface area contributed by atoms with E-state index in [1.807, 2.05) is 4.57 Å². The number of carboxylic acids is 1. The molecule has 5 nitrogen and oxygen atoms in total. The van der Waals surface area contributed by atoms with Crippen LogP contribution in [0, 0.1) is 11.6 Å². The van der Waals surface area contributed by atoms with Gasteiger partial charge in [-0.15, -0.1) is 12.4 Å². The van der Waals surface area contributed by atoms with E-state index < -0.39 is 23.6 Å². The molecule has 1 aromatic carbocycles. The molecule has 0 amide bonds. The Bertz CT molecular complexity index is 775. The molecule has 2 atom stereocenters. The molecule has 0 aliphatic heterocycles. The summed E-state index contributed by atoms with van der Waals surface area (Å²) in [7, 11) is 2.63. The van der Waals surface area contributed by atoms with Gasteiger partial charge in [-0.25, -0.2) is 13.8 Å². The van der Waals surface area contributed by atoms with E-state index in [9.17, 15) is 13.6 Å². The normalized spacial score (nSPS) is 17.0. The lowest BCUT2D eigenvalue weighted by Crippen LogP contribution is -2.32. The van der Waals surface area contributed by atoms with Gasteiger partial charge in [0, 0.05) is 30.3 Å². The molecule has 0 bridgehead atoms. The first kappa shape index (κ1) is 20.0. The summed E-state index contributed by atoms with van der Waals surface area (Å²) in [5.74, 6) is -1.87. The lowest BCUT2D eigenvalue weighted by atomic mass is 10.1. The molecule has 10 heteroatoms. The molecule has 1 aromatic heterocycles. The van der Waals surface area contributed by atoms with Crippen molar-refractivity contribution in [3.8, 4) is 0 Å². The van der Waals surface area contributed by atoms with Crippen molar-refractivity contribution in [2.45, 2.75) is 30.1 Å². The zero-order chi connectivity index (χ0) is 17.3. The number of nitrogens with two attached hydrogens (primary N) is 1. The van der Waals surface area contributed by atoms with Crippen LogP contribution in [0.15, 0.2) is 29.7 Å². The van der Waals surface area contributed by atoms with Gasteiger partial charge in [0.25, 0.3) is 0 Å². The summed E-state index contributed by atoms with van der Waals surface area (Å²) in [4.78, 5) is 15.0. The van der Waals surface area contributed by atoms with E-state index in [4.69, 9.17) is 10.8 Å². The van der Waals surface area contributed by atoms with Crippen LogP contribution in [-0.4, -0.2) is 32.4 Å². The van der Waals surface area contributed by atoms with Crippen LogP contribution in [0.2, 0.25) is 0 Å². The molecule has 0 saturated heterocycles. The van der Waals surface area contributed by atoms with Crippen LogP contribution in [0.3, 0.4) is 0 Å². The van der Waals surface area contributed by atoms with Gasteiger partial charge >= 0.3 is 5.97 Å². The van der Waals surface area contributed by atoms with E-state index in [-0.39, 0.29) is 24.2 Å². The number of fused-ring (bicyclic) bond motifs is 1. The molecule has 136 valence electrons. The van der Waals surface area contributed by atoms with Crippen LogP contribution in [0.5, 0.6) is 0 Å². The Morgan fingerprint density at radius 1 is 1.44 bits per heavy atom. The summed E-state index contributed by atoms with van der Waals surface area (Å²) in [6.07, 6.45) is 4.45. The molecule has 3 rings (SSSR count). The Labute approximate surface area is 157 Å². The maximum absolute atomic E-state index is 13.9. The van der Waals surface area contributed by atoms with E-state index in [1.54, 1.807) is 12.4 Å². The van der Waals surface area contributed by atoms with Crippen molar-refractivity contribution in [2.24, 2.45) is 5.73 Å². The van der Waals surface area contributed by atoms with Gasteiger partial charge in [-0.3, -0.25) is 4.79 Å². The number of nitrogens with zero attached hydrogens (tertiary/aromatic N) is 2. The number of hydrogen-bond donors (Lipinski definition) is 2. The third kappa shape index (κ3) is 4.46. The molecule has 1 unspecified atom stereocenters. The first-order chi connectivity index (χ1) is 11.5. The topological polar surface area (TPSA) is 81.1 Å². The fourth-order valence-electron chi connectivity index (χ4n) is 2.70. The average Bonchev–Trinajstić information content (AvgIpc) is 3.13. The minimum Gasteiger partial charge on any atom is -0.480 e. The smallest absolute Gasteiger partial charge is 0.321 e. The number of benzene rings is 1. The van der Waals surface area contributed by atoms with E-state index >= 15 is 0 Å². The molecule has 25 heavy (non-hydrogen) atoms. The molecule has 2 aromatic rings. The molecular formula is C15H16ClF2N3O2S2. The largest absolute Gasteiger partial charge is 0.480 e. The van der Waals surface area contributed by atoms with Crippen molar-refractivity contribution in [1.82, 2.24) is 9.55 Å². The van der Waals surface area contributed by atoms with Gasteiger partial charge in [-0.2, -0.15) is 0 Å². The van der Waals surface area contributed by atoms with E-state index in [0.717, 1.165) is 6.07 Å². The van der Waals surface area contributed by atoms with Gasteiger partial charge in [0.05, 0.1) is 0 Å². The van der Waals surface area contributed by atoms with Crippen molar-refractivity contribution in [1.29, 1.82) is 0 Å². The van der Waals surface area contributed by atoms with Crippen LogP contribution in [0.4, 0.5) is 8.78 Å². The number of carboxylic acid groups (broad SMARTS) is 1. The van der Waals surface area contributed by atoms with Gasteiger partial charge in [0.15, 0.2) is 5.16 Å². The summed E-state index contributed by atoms with van der Waals surface area (Å²) < 4.78 is 29.2. The molecular weight excluding hydrogens is 392 g/mol. The zero-order valence-electron chi connectivity index (χ0n) is 12.9. The molecule has 0 saturated carbocycles. The van der Waals surface area contributed by atoms with Crippen molar-refractivity contribution < 1.29 is 18.7 Å². The summed E-state index contributed by atoms with van der Waals surface area (Å²) in [5, 5.41) is 9.47. The van der Waals surface area contributed by atoms with Gasteiger partial charge in [0.2, 0.25) is 0 Å². The highest BCUT2D eigenvalue weighted by atomic mass is 35.5. The Balaban J connectivity index is 0.00000225. The Morgan fingerprint density at radius 3 is 2.92 bits per heavy atom. The molecule has 0 radical (unpaired) electrons. The highest BCUT2D eigenvalue weighted by Gasteiger charge is 2.28. The van der Waals surface area contributed by atoms with E-state index in [2.05, 4.69) is 4.98 Å². The highest BCUT2D eigenvalue weighted by molar-refractivity contribution is 8.76. The van der Waals surface area contributed by atoms with Crippen molar-refractivity contribution in [3.63, 3.8) is 0 Å². The molecule has 1 aliphatic carbocycles. The summed E-state index contributed by atoms with van der Waals surface area (Å²) in [6.45, 7) is 0. The first-order valence-electron chi connectivity index (χ1n) is 7.23. The minimum absolute atomic E-state index is 0. The number of imidazole rings is 1. The van der Waals surface area contributed by atoms with Gasteiger partial charge in [0.1, 0.15) is 17.7 Å². The molecule has 0 fully saturated rings. The quantitative estimate of drug-likeness (QED) is 0.716. The van der Waals surface area contributed by atoms with Crippen LogP contribution < -0.4 is 5.73 Å². The monoisotopic (exact) mass is 407 g/mol. The Kier molecular flexibility index (Phi) is 6.72. The van der Waals surface area contributed by atoms with Crippen molar-refractivity contribution in [3.05, 3.63) is 47.3 Å². The summed E-state index contributed by atoms with van der Waals surface area (Å²) in [5.41, 5.74) is 6.70. The lowest BCUT2D eigenvalue weighted by Gasteiger charge is -2.14. The standard InChI is InChI=1S/C15H15F2N3O2S2.ClH/c16-9-3-8-4-10(6-11(8)12(17)5-9)20-2-1-19-15(20)24-23-7-13(18)14(21)22;/h1-3,5,10,13H,4,6-7,18H2,(H,21,22);1H/t10?,13-;/m0./s1. The second kappa shape index (κ2) is 8.39. The zero-order valence-corrected chi connectivity index (χ0v) is 15.3. The number of rotatable bonds is 6. The number of aliphatic carboxylic acids is 1. The van der Waals surface area contributed by atoms with Crippen molar-refractivity contribution >= 4 is 40.0 Å². The fourth-order valence-corrected chi connectivity index (χ4v) is 4.91. The summed E-state index contributed by atoms with van der Waals surface area (Å²) in [6, 6.07) is 1.32. The fraction of sp³-hybridized carbons (Fsp3) is 0.333. The van der Waals surface area contributed by atoms with Crippen LogP contribution in [0.1, 0.15) is 17.2 Å². The molecule has 0 spiro atoms. The lowest BCUT2D eigenvalue weighted by molar-refractivity contribution is -0.137. The highest BCUT2D eigenvalue weighted by Crippen LogP contribution is 2.37. The van der Waals surface area contributed by atoms with Crippen LogP contribution >= 0.6 is 34.0 Å². The van der Waals surface area contributed by atoms with Crippen molar-refractivity contribution in [2.75, 3.05) is 5.75 Å². The first-order valence-corrected chi connectivity index (χ1v) is 9.55. The SMILES string of the molecule is Cl.N[C@@H](CSSc1nccn1C1Cc2cc(F)cc(F)c2C1)C(=O)O. The van der Waals surface area contributed by atoms with Gasteiger partial charge < -0.3 is 15.4 Å². The molecule has 1 heterocycles. The maximum Gasteiger partial charge on any atom is 0.321 e. The number of carbonyl (C=O) groups is 1. The van der Waals surface area contributed by atoms with E-state index in [1.165, 1.54) is 27.7 Å². The molecule has 1 aliphatic rings. The van der Waals surface area contributed by atoms with Gasteiger partial charge in [-0.05, 0) is 40.8 Å². The van der Waals surface area contributed by atoms with Crippen LogP contribution in [-0.2, 0) is 17.6 Å². The molecule has 3 N–H and O–H groups in total. The Morgan fingerprint density at radius 2 is 2.20 bits per heavy atom. The van der Waals surface area contributed by atoms with Gasteiger partial charge in [-0.1, -0.05) is 10.8 Å². The minimum atomic E-state index is -1.05. The van der Waals surface area contributed by atoms with E-state index in [0.29, 0.717) is 29.1 Å². The third-order valence-corrected chi connectivity index (χ3v) is 6.16. The second-order valence-electron chi connectivity index (χ2n) is 5.52. The third-order valence-electron chi connectivity index (χ3n) is 3.87. The Hall–Kier alpha value is -1.29. The number of halogens is 3. The summed E-state index contributed by atoms with van der Waals surface area (Å²) >= 11 is 0. The predicted octanol–water partition coefficient (Wildman–Crippen LogP) is 3.08. The number of hydrogen-bond acceptors (Lipinski definition) is 5. The second-order valence-corrected chi connectivity index (χ2v) is 7.82. The maximum atomic E-state index is 13.9. The van der Waals surface area contributed by atoms with Crippen LogP contribution in [0.25, 0.3) is 0 Å².